The summed E-state index contributed by atoms with van der Waals surface area (Å²) in [5.41, 5.74) is -0.0437. The Kier molecular flexibility index (Phi) is 6.56. The molecule has 0 aliphatic heterocycles. The van der Waals surface area contributed by atoms with E-state index >= 15 is 0 Å². The number of likely N-dealkylation sites (N-methyl/N-ethyl adjacent to an activating group) is 1. The normalized spacial score (nSPS) is 10.8. The molecular weight excluding hydrogens is 282 g/mol. The van der Waals surface area contributed by atoms with Crippen LogP contribution in [0.15, 0.2) is 0 Å². The van der Waals surface area contributed by atoms with Crippen LogP contribution >= 0.6 is 11.3 Å². The maximum Gasteiger partial charge on any atom is 0.355 e. The van der Waals surface area contributed by atoms with Gasteiger partial charge in [-0.05, 0) is 6.54 Å². The van der Waals surface area contributed by atoms with Gasteiger partial charge in [0, 0.05) is 19.5 Å². The van der Waals surface area contributed by atoms with Crippen molar-refractivity contribution in [3.05, 3.63) is 10.6 Å². The highest BCUT2D eigenvalue weighted by Gasteiger charge is 2.19. The van der Waals surface area contributed by atoms with Crippen molar-refractivity contribution in [3.63, 3.8) is 0 Å². The Labute approximate surface area is 121 Å². The lowest BCUT2D eigenvalue weighted by molar-refractivity contribution is -0.115. The monoisotopic (exact) mass is 301 g/mol. The molecule has 0 bridgehead atoms. The number of rotatable bonds is 8. The lowest BCUT2D eigenvalue weighted by Gasteiger charge is -2.17. The van der Waals surface area contributed by atoms with E-state index in [-0.39, 0.29) is 18.2 Å². The van der Waals surface area contributed by atoms with Gasteiger partial charge >= 0.3 is 5.97 Å². The quantitative estimate of drug-likeness (QED) is 0.662. The zero-order valence-electron chi connectivity index (χ0n) is 11.5. The van der Waals surface area contributed by atoms with Crippen LogP contribution in [0.25, 0.3) is 0 Å². The number of nitrogens with zero attached hydrogens (tertiary/aromatic N) is 2. The van der Waals surface area contributed by atoms with Crippen molar-refractivity contribution in [2.45, 2.75) is 26.8 Å². The van der Waals surface area contributed by atoms with Crippen molar-refractivity contribution in [2.75, 3.05) is 25.0 Å². The number of hydrogen-bond donors (Lipinski definition) is 3. The Balaban J connectivity index is 2.92. The smallest absolute Gasteiger partial charge is 0.355 e. The first-order valence-corrected chi connectivity index (χ1v) is 7.19. The highest BCUT2D eigenvalue weighted by molar-refractivity contribution is 7.16. The first-order chi connectivity index (χ1) is 9.51. The fourth-order valence-corrected chi connectivity index (χ4v) is 2.59. The van der Waals surface area contributed by atoms with Gasteiger partial charge in [0.15, 0.2) is 10.8 Å². The zero-order chi connectivity index (χ0) is 15.1. The molecule has 1 aromatic heterocycles. The van der Waals surface area contributed by atoms with Gasteiger partial charge in [0.1, 0.15) is 0 Å². The number of carbonyl (C=O) groups is 2. The third-order valence-electron chi connectivity index (χ3n) is 2.70. The molecule has 20 heavy (non-hydrogen) atoms. The van der Waals surface area contributed by atoms with E-state index in [2.05, 4.69) is 10.3 Å². The summed E-state index contributed by atoms with van der Waals surface area (Å²) in [6, 6.07) is 0. The summed E-state index contributed by atoms with van der Waals surface area (Å²) in [6.07, 6.45) is 0.308. The molecule has 1 rings (SSSR count). The van der Waals surface area contributed by atoms with E-state index in [1.54, 1.807) is 6.92 Å². The number of carboxylic acid groups (broad SMARTS) is 1. The van der Waals surface area contributed by atoms with Crippen molar-refractivity contribution in [3.8, 4) is 0 Å². The molecule has 1 heterocycles. The number of amides is 1. The van der Waals surface area contributed by atoms with Gasteiger partial charge in [-0.3, -0.25) is 9.69 Å². The Hall–Kier alpha value is -1.51. The number of aliphatic hydroxyl groups is 1. The number of carboxylic acids is 1. The average molecular weight is 301 g/mol. The standard InChI is InChI=1S/C12H19N3O4S/c1-3-9(17)13-12-14-10(11(18)19)8(20-12)7-15(4-2)5-6-16/h16H,3-7H2,1-2H3,(H,18,19)(H,13,14,17). The van der Waals surface area contributed by atoms with Crippen LogP contribution in [0.2, 0.25) is 0 Å². The van der Waals surface area contributed by atoms with Gasteiger partial charge in [0.2, 0.25) is 5.91 Å². The highest BCUT2D eigenvalue weighted by Crippen LogP contribution is 2.24. The van der Waals surface area contributed by atoms with Crippen LogP contribution < -0.4 is 5.32 Å². The largest absolute Gasteiger partial charge is 0.476 e. The molecule has 8 heteroatoms. The SMILES string of the molecule is CCC(=O)Nc1nc(C(=O)O)c(CN(CC)CCO)s1. The van der Waals surface area contributed by atoms with Crippen molar-refractivity contribution >= 4 is 28.3 Å². The van der Waals surface area contributed by atoms with Crippen LogP contribution in [0.3, 0.4) is 0 Å². The van der Waals surface area contributed by atoms with E-state index in [9.17, 15) is 9.59 Å². The highest BCUT2D eigenvalue weighted by atomic mass is 32.1. The van der Waals surface area contributed by atoms with Gasteiger partial charge < -0.3 is 15.5 Å². The minimum atomic E-state index is -1.12. The molecule has 0 aliphatic carbocycles. The molecular formula is C12H19N3O4S. The molecule has 0 fully saturated rings. The lowest BCUT2D eigenvalue weighted by atomic mass is 10.3. The number of anilines is 1. The number of aromatic carboxylic acids is 1. The third-order valence-corrected chi connectivity index (χ3v) is 3.65. The second-order valence-corrected chi connectivity index (χ2v) is 5.17. The lowest BCUT2D eigenvalue weighted by Crippen LogP contribution is -2.26. The van der Waals surface area contributed by atoms with Gasteiger partial charge in [-0.2, -0.15) is 0 Å². The molecule has 0 aliphatic rings. The van der Waals surface area contributed by atoms with E-state index in [0.29, 0.717) is 36.1 Å². The molecule has 0 unspecified atom stereocenters. The molecule has 0 atom stereocenters. The maximum absolute atomic E-state index is 11.3. The van der Waals surface area contributed by atoms with Crippen LogP contribution in [0.4, 0.5) is 5.13 Å². The number of thiazole rings is 1. The molecule has 0 radical (unpaired) electrons. The summed E-state index contributed by atoms with van der Waals surface area (Å²) in [6.45, 7) is 5.18. The fourth-order valence-electron chi connectivity index (χ4n) is 1.58. The van der Waals surface area contributed by atoms with Crippen molar-refractivity contribution in [2.24, 2.45) is 0 Å². The molecule has 0 aromatic carbocycles. The Morgan fingerprint density at radius 1 is 1.40 bits per heavy atom. The number of hydrogen-bond acceptors (Lipinski definition) is 6. The first-order valence-electron chi connectivity index (χ1n) is 6.37. The molecule has 112 valence electrons. The average Bonchev–Trinajstić information content (AvgIpc) is 2.80. The molecule has 7 nitrogen and oxygen atoms in total. The maximum atomic E-state index is 11.3. The first kappa shape index (κ1) is 16.5. The number of aromatic nitrogens is 1. The molecule has 0 saturated heterocycles. The van der Waals surface area contributed by atoms with Crippen molar-refractivity contribution < 1.29 is 19.8 Å². The van der Waals surface area contributed by atoms with E-state index < -0.39 is 5.97 Å². The summed E-state index contributed by atoms with van der Waals surface area (Å²) >= 11 is 1.15. The Morgan fingerprint density at radius 3 is 2.60 bits per heavy atom. The van der Waals surface area contributed by atoms with Crippen LogP contribution in [0.5, 0.6) is 0 Å². The minimum absolute atomic E-state index is 0.00841. The predicted molar refractivity (Wildman–Crippen MR) is 76.0 cm³/mol. The minimum Gasteiger partial charge on any atom is -0.476 e. The van der Waals surface area contributed by atoms with Gasteiger partial charge in [0.05, 0.1) is 11.5 Å². The van der Waals surface area contributed by atoms with Crippen LogP contribution in [-0.4, -0.2) is 51.7 Å². The molecule has 0 spiro atoms. The van der Waals surface area contributed by atoms with Gasteiger partial charge in [0.25, 0.3) is 0 Å². The van der Waals surface area contributed by atoms with E-state index in [4.69, 9.17) is 10.2 Å². The van der Waals surface area contributed by atoms with E-state index in [1.165, 1.54) is 0 Å². The predicted octanol–water partition coefficient (Wildman–Crippen LogP) is 1.00. The summed E-state index contributed by atoms with van der Waals surface area (Å²) in [4.78, 5) is 28.9. The van der Waals surface area contributed by atoms with Crippen LogP contribution in [0.1, 0.15) is 35.6 Å². The number of aliphatic hydroxyl groups excluding tert-OH is 1. The third kappa shape index (κ3) is 4.55. The van der Waals surface area contributed by atoms with Gasteiger partial charge in [-0.25, -0.2) is 9.78 Å². The fraction of sp³-hybridized carbons (Fsp3) is 0.583. The summed E-state index contributed by atoms with van der Waals surface area (Å²) in [5.74, 6) is -1.32. The van der Waals surface area contributed by atoms with Crippen LogP contribution in [0, 0.1) is 0 Å². The molecule has 0 saturated carbocycles. The Bertz CT molecular complexity index is 475. The topological polar surface area (TPSA) is 103 Å². The van der Waals surface area contributed by atoms with Crippen molar-refractivity contribution in [1.29, 1.82) is 0 Å². The number of nitrogens with one attached hydrogen (secondary N) is 1. The second-order valence-electron chi connectivity index (χ2n) is 4.09. The Morgan fingerprint density at radius 2 is 2.10 bits per heavy atom. The molecule has 1 amide bonds. The van der Waals surface area contributed by atoms with E-state index in [0.717, 1.165) is 11.3 Å². The van der Waals surface area contributed by atoms with Gasteiger partial charge in [-0.15, -0.1) is 0 Å². The molecule has 3 N–H and O–H groups in total. The van der Waals surface area contributed by atoms with Gasteiger partial charge in [-0.1, -0.05) is 25.2 Å². The summed E-state index contributed by atoms with van der Waals surface area (Å²) in [7, 11) is 0. The summed E-state index contributed by atoms with van der Waals surface area (Å²) < 4.78 is 0. The van der Waals surface area contributed by atoms with Crippen LogP contribution in [-0.2, 0) is 11.3 Å². The number of carbonyl (C=O) groups excluding carboxylic acids is 1. The summed E-state index contributed by atoms with van der Waals surface area (Å²) in [5, 5.41) is 21.0. The van der Waals surface area contributed by atoms with E-state index in [1.807, 2.05) is 11.8 Å². The second kappa shape index (κ2) is 7.93. The zero-order valence-corrected chi connectivity index (χ0v) is 12.4. The molecule has 1 aromatic rings. The van der Waals surface area contributed by atoms with Crippen molar-refractivity contribution in [1.82, 2.24) is 9.88 Å².